The zero-order valence-electron chi connectivity index (χ0n) is 13.3. The Bertz CT molecular complexity index is 863. The zero-order chi connectivity index (χ0) is 17.8. The normalized spacial score (nSPS) is 15.9. The summed E-state index contributed by atoms with van der Waals surface area (Å²) in [6, 6.07) is 9.61. The lowest BCUT2D eigenvalue weighted by molar-refractivity contribution is -0.117. The smallest absolute Gasteiger partial charge is 0.337 e. The number of hydrazine groups is 1. The number of nitrogens with zero attached hydrogens (tertiary/aromatic N) is 1. The molecule has 0 aliphatic carbocycles. The predicted molar refractivity (Wildman–Crippen MR) is 89.2 cm³/mol. The van der Waals surface area contributed by atoms with E-state index in [2.05, 4.69) is 10.2 Å². The van der Waals surface area contributed by atoms with Crippen molar-refractivity contribution in [3.63, 3.8) is 0 Å². The van der Waals surface area contributed by atoms with Gasteiger partial charge in [-0.05, 0) is 48.6 Å². The molecule has 126 valence electrons. The maximum Gasteiger partial charge on any atom is 0.337 e. The highest BCUT2D eigenvalue weighted by Crippen LogP contribution is 2.20. The van der Waals surface area contributed by atoms with Crippen molar-refractivity contribution >= 4 is 29.5 Å². The minimum absolute atomic E-state index is 0.000138. The third kappa shape index (κ3) is 3.35. The van der Waals surface area contributed by atoms with E-state index in [0.29, 0.717) is 17.0 Å². The lowest BCUT2D eigenvalue weighted by Gasteiger charge is -2.14. The van der Waals surface area contributed by atoms with Gasteiger partial charge in [0, 0.05) is 0 Å². The van der Waals surface area contributed by atoms with Crippen LogP contribution in [0.25, 0.3) is 6.08 Å². The number of amides is 2. The molecule has 1 aromatic carbocycles. The van der Waals surface area contributed by atoms with Crippen LogP contribution in [0, 0.1) is 0 Å². The van der Waals surface area contributed by atoms with Gasteiger partial charge in [0.05, 0.1) is 24.6 Å². The first-order valence-electron chi connectivity index (χ1n) is 7.36. The molecule has 1 saturated heterocycles. The highest BCUT2D eigenvalue weighted by molar-refractivity contribution is 6.29. The summed E-state index contributed by atoms with van der Waals surface area (Å²) in [6.07, 6.45) is 6.15. The third-order valence-corrected chi connectivity index (χ3v) is 3.50. The van der Waals surface area contributed by atoms with Crippen molar-refractivity contribution in [2.24, 2.45) is 0 Å². The van der Waals surface area contributed by atoms with Crippen LogP contribution in [0.3, 0.4) is 0 Å². The van der Waals surface area contributed by atoms with Crippen molar-refractivity contribution in [1.29, 1.82) is 0 Å². The van der Waals surface area contributed by atoms with E-state index in [1.807, 2.05) is 0 Å². The SMILES string of the molecule is COC(=O)c1ccc(N2NC(=O)/C(=C/C=C\c3ccco3)C2=O)cc1. The number of rotatable bonds is 4. The van der Waals surface area contributed by atoms with E-state index in [4.69, 9.17) is 4.42 Å². The summed E-state index contributed by atoms with van der Waals surface area (Å²) in [5.41, 5.74) is 3.26. The van der Waals surface area contributed by atoms with E-state index in [1.54, 1.807) is 36.4 Å². The highest BCUT2D eigenvalue weighted by atomic mass is 16.5. The average molecular weight is 338 g/mol. The van der Waals surface area contributed by atoms with E-state index in [1.165, 1.54) is 31.6 Å². The second kappa shape index (κ2) is 6.88. The molecule has 1 N–H and O–H groups in total. The third-order valence-electron chi connectivity index (χ3n) is 3.50. The minimum atomic E-state index is -0.508. The average Bonchev–Trinajstić information content (AvgIpc) is 3.24. The van der Waals surface area contributed by atoms with Crippen LogP contribution in [-0.4, -0.2) is 24.9 Å². The summed E-state index contributed by atoms with van der Waals surface area (Å²) in [5.74, 6) is -0.865. The fraction of sp³-hybridized carbons (Fsp3) is 0.0556. The molecule has 3 rings (SSSR count). The number of methoxy groups -OCH3 is 1. The lowest BCUT2D eigenvalue weighted by atomic mass is 10.2. The predicted octanol–water partition coefficient (Wildman–Crippen LogP) is 2.08. The molecule has 1 aromatic heterocycles. The van der Waals surface area contributed by atoms with Crippen molar-refractivity contribution in [2.45, 2.75) is 0 Å². The van der Waals surface area contributed by atoms with Gasteiger partial charge in [-0.2, -0.15) is 0 Å². The number of hydrogen-bond acceptors (Lipinski definition) is 5. The summed E-state index contributed by atoms with van der Waals surface area (Å²) in [4.78, 5) is 35.9. The molecule has 0 radical (unpaired) electrons. The van der Waals surface area contributed by atoms with Gasteiger partial charge in [-0.3, -0.25) is 15.0 Å². The number of esters is 1. The van der Waals surface area contributed by atoms with Gasteiger partial charge < -0.3 is 9.15 Å². The fourth-order valence-electron chi connectivity index (χ4n) is 2.25. The molecule has 7 heteroatoms. The fourth-order valence-corrected chi connectivity index (χ4v) is 2.25. The molecule has 1 fully saturated rings. The molecule has 0 bridgehead atoms. The van der Waals surface area contributed by atoms with Crippen molar-refractivity contribution in [3.05, 3.63) is 71.7 Å². The molecule has 1 aliphatic heterocycles. The van der Waals surface area contributed by atoms with E-state index >= 15 is 0 Å². The maximum absolute atomic E-state index is 12.4. The quantitative estimate of drug-likeness (QED) is 0.524. The van der Waals surface area contributed by atoms with Crippen molar-refractivity contribution in [1.82, 2.24) is 5.43 Å². The molecule has 25 heavy (non-hydrogen) atoms. The molecule has 2 aromatic rings. The molecular formula is C18H14N2O5. The number of hydrogen-bond donors (Lipinski definition) is 1. The molecule has 0 atom stereocenters. The van der Waals surface area contributed by atoms with Crippen LogP contribution in [0.15, 0.2) is 64.8 Å². The summed E-state index contributed by atoms with van der Waals surface area (Å²) in [6.45, 7) is 0. The van der Waals surface area contributed by atoms with Crippen LogP contribution in [-0.2, 0) is 14.3 Å². The number of benzene rings is 1. The molecule has 0 spiro atoms. The number of carbonyl (C=O) groups excluding carboxylic acids is 3. The van der Waals surface area contributed by atoms with Gasteiger partial charge in [-0.15, -0.1) is 0 Å². The monoisotopic (exact) mass is 338 g/mol. The second-order valence-electron chi connectivity index (χ2n) is 5.07. The Labute approximate surface area is 143 Å². The summed E-state index contributed by atoms with van der Waals surface area (Å²) in [7, 11) is 1.29. The number of allylic oxidation sites excluding steroid dienone is 2. The molecule has 0 unspecified atom stereocenters. The van der Waals surface area contributed by atoms with Crippen LogP contribution in [0.1, 0.15) is 16.1 Å². The molecule has 2 heterocycles. The summed E-state index contributed by atoms with van der Waals surface area (Å²) >= 11 is 0. The van der Waals surface area contributed by atoms with Gasteiger partial charge in [0.1, 0.15) is 11.3 Å². The second-order valence-corrected chi connectivity index (χ2v) is 5.07. The van der Waals surface area contributed by atoms with Crippen LogP contribution in [0.4, 0.5) is 5.69 Å². The Morgan fingerprint density at radius 2 is 1.96 bits per heavy atom. The Kier molecular flexibility index (Phi) is 4.47. The Morgan fingerprint density at radius 3 is 2.60 bits per heavy atom. The molecule has 0 saturated carbocycles. The van der Waals surface area contributed by atoms with E-state index in [9.17, 15) is 14.4 Å². The van der Waals surface area contributed by atoms with Gasteiger partial charge in [0.15, 0.2) is 0 Å². The van der Waals surface area contributed by atoms with E-state index < -0.39 is 17.8 Å². The van der Waals surface area contributed by atoms with Gasteiger partial charge >= 0.3 is 5.97 Å². The maximum atomic E-state index is 12.4. The van der Waals surface area contributed by atoms with Crippen molar-refractivity contribution in [2.75, 3.05) is 12.1 Å². The molecule has 7 nitrogen and oxygen atoms in total. The molecule has 1 aliphatic rings. The van der Waals surface area contributed by atoms with Crippen molar-refractivity contribution in [3.8, 4) is 0 Å². The Morgan fingerprint density at radius 1 is 1.20 bits per heavy atom. The Balaban J connectivity index is 1.77. The highest BCUT2D eigenvalue weighted by Gasteiger charge is 2.34. The van der Waals surface area contributed by atoms with E-state index in [-0.39, 0.29) is 5.57 Å². The molecular weight excluding hydrogens is 324 g/mol. The molecule has 2 amide bonds. The van der Waals surface area contributed by atoms with Crippen LogP contribution in [0.2, 0.25) is 0 Å². The van der Waals surface area contributed by atoms with Gasteiger partial charge in [-0.1, -0.05) is 6.08 Å². The topological polar surface area (TPSA) is 88.8 Å². The number of ether oxygens (including phenoxy) is 1. The first-order valence-corrected chi connectivity index (χ1v) is 7.36. The van der Waals surface area contributed by atoms with Gasteiger partial charge in [0.2, 0.25) is 0 Å². The van der Waals surface area contributed by atoms with Crippen molar-refractivity contribution < 1.29 is 23.5 Å². The van der Waals surface area contributed by atoms with Crippen LogP contribution in [0.5, 0.6) is 0 Å². The first-order chi connectivity index (χ1) is 12.1. The van der Waals surface area contributed by atoms with Gasteiger partial charge in [-0.25, -0.2) is 9.80 Å². The lowest BCUT2D eigenvalue weighted by Crippen LogP contribution is -2.35. The van der Waals surface area contributed by atoms with Gasteiger partial charge in [0.25, 0.3) is 11.8 Å². The van der Waals surface area contributed by atoms with Crippen LogP contribution >= 0.6 is 0 Å². The van der Waals surface area contributed by atoms with Crippen LogP contribution < -0.4 is 10.4 Å². The summed E-state index contributed by atoms with van der Waals surface area (Å²) < 4.78 is 9.75. The first kappa shape index (κ1) is 16.3. The largest absolute Gasteiger partial charge is 0.465 e. The number of nitrogens with one attached hydrogen (secondary N) is 1. The minimum Gasteiger partial charge on any atom is -0.465 e. The summed E-state index contributed by atoms with van der Waals surface area (Å²) in [5, 5.41) is 1.12. The number of furan rings is 1. The zero-order valence-corrected chi connectivity index (χ0v) is 13.3. The van der Waals surface area contributed by atoms with E-state index in [0.717, 1.165) is 5.01 Å². The standard InChI is InChI=1S/C18H14N2O5/c1-24-18(23)12-7-9-13(10-8-12)20-17(22)15(16(21)19-20)6-2-4-14-5-3-11-25-14/h2-11H,1H3,(H,19,21)/b4-2-,15-6-. The Hall–Kier alpha value is -3.61. The number of anilines is 1. The number of carbonyl (C=O) groups is 3.